The van der Waals surface area contributed by atoms with Gasteiger partial charge in [-0.1, -0.05) is 36.4 Å². The van der Waals surface area contributed by atoms with Gasteiger partial charge in [-0.3, -0.25) is 9.59 Å². The standard InChI is InChI=1S/2C19H24N2O4.C4H4O4/c2*1-13(9-14-3-6-16(25-2)7-4-14)20-11-19(24)15-5-8-18(23)17(10-15)21-12-22;5-3(6)1-2-4(7)8/h2*3-8,10,12-13,19-20,23-24H,9,11H2,1-2H3,(H,21,22);1-2H,(H,5,6)(H,7,8)/b;;2-1+/t2*13-,19+;/m00./s1. The van der Waals surface area contributed by atoms with Crippen LogP contribution in [0.25, 0.3) is 0 Å². The maximum Gasteiger partial charge on any atom is 0.328 e. The van der Waals surface area contributed by atoms with Crippen LogP contribution in [0.4, 0.5) is 11.4 Å². The van der Waals surface area contributed by atoms with Crippen LogP contribution in [0.15, 0.2) is 97.1 Å². The zero-order valence-electron chi connectivity index (χ0n) is 32.7. The first-order valence-electron chi connectivity index (χ1n) is 18.0. The number of carbonyl (C=O) groups excluding carboxylic acids is 2. The van der Waals surface area contributed by atoms with E-state index in [0.29, 0.717) is 49.2 Å². The first-order chi connectivity index (χ1) is 27.7. The Hall–Kier alpha value is -6.46. The number of rotatable bonds is 20. The number of carboxylic acid groups (broad SMARTS) is 2. The number of amides is 2. The predicted molar refractivity (Wildman–Crippen MR) is 218 cm³/mol. The molecule has 16 heteroatoms. The summed E-state index contributed by atoms with van der Waals surface area (Å²) in [7, 11) is 3.28. The van der Waals surface area contributed by atoms with E-state index in [0.717, 1.165) is 24.3 Å². The summed E-state index contributed by atoms with van der Waals surface area (Å²) in [5.41, 5.74) is 4.14. The van der Waals surface area contributed by atoms with Crippen LogP contribution in [0.2, 0.25) is 0 Å². The third kappa shape index (κ3) is 18.0. The lowest BCUT2D eigenvalue weighted by Gasteiger charge is -2.18. The number of aliphatic hydroxyl groups is 2. The first kappa shape index (κ1) is 47.7. The first-order valence-corrected chi connectivity index (χ1v) is 18.0. The molecule has 0 saturated carbocycles. The van der Waals surface area contributed by atoms with Crippen molar-refractivity contribution in [2.75, 3.05) is 37.9 Å². The highest BCUT2D eigenvalue weighted by atomic mass is 16.5. The van der Waals surface area contributed by atoms with Crippen LogP contribution in [0.1, 0.15) is 48.3 Å². The number of carbonyl (C=O) groups is 4. The van der Waals surface area contributed by atoms with Gasteiger partial charge in [0.1, 0.15) is 23.0 Å². The molecule has 4 aromatic carbocycles. The molecule has 312 valence electrons. The molecule has 4 rings (SSSR count). The van der Waals surface area contributed by atoms with Gasteiger partial charge in [0.15, 0.2) is 0 Å². The molecular formula is C42H52N4O12. The number of phenolic OH excluding ortho intramolecular Hbond substituents is 2. The molecule has 0 aromatic heterocycles. The minimum Gasteiger partial charge on any atom is -0.506 e. The number of hydrogen-bond acceptors (Lipinski definition) is 12. The minimum atomic E-state index is -1.26. The Morgan fingerprint density at radius 2 is 0.948 bits per heavy atom. The molecule has 0 fully saturated rings. The third-order valence-electron chi connectivity index (χ3n) is 8.33. The molecule has 0 aliphatic heterocycles. The van der Waals surface area contributed by atoms with Gasteiger partial charge in [-0.15, -0.1) is 0 Å². The van der Waals surface area contributed by atoms with Crippen LogP contribution >= 0.6 is 0 Å². The van der Waals surface area contributed by atoms with E-state index in [1.54, 1.807) is 38.5 Å². The lowest BCUT2D eigenvalue weighted by molar-refractivity contribution is -0.134. The van der Waals surface area contributed by atoms with Gasteiger partial charge in [-0.2, -0.15) is 0 Å². The quantitative estimate of drug-likeness (QED) is 0.0342. The van der Waals surface area contributed by atoms with Crippen LogP contribution in [-0.4, -0.2) is 94.8 Å². The number of aliphatic hydroxyl groups excluding tert-OH is 2. The Morgan fingerprint density at radius 3 is 1.24 bits per heavy atom. The number of hydrogen-bond donors (Lipinski definition) is 10. The molecule has 0 bridgehead atoms. The third-order valence-corrected chi connectivity index (χ3v) is 8.33. The number of carboxylic acids is 2. The van der Waals surface area contributed by atoms with Crippen molar-refractivity contribution in [2.24, 2.45) is 0 Å². The summed E-state index contributed by atoms with van der Waals surface area (Å²) in [6, 6.07) is 25.4. The number of aliphatic carboxylic acids is 2. The summed E-state index contributed by atoms with van der Waals surface area (Å²) >= 11 is 0. The van der Waals surface area contributed by atoms with Crippen molar-refractivity contribution in [3.8, 4) is 23.0 Å². The summed E-state index contributed by atoms with van der Waals surface area (Å²) in [5.74, 6) is -0.939. The molecule has 10 N–H and O–H groups in total. The second-order valence-corrected chi connectivity index (χ2v) is 12.8. The average Bonchev–Trinajstić information content (AvgIpc) is 3.21. The van der Waals surface area contributed by atoms with Gasteiger partial charge < -0.3 is 61.4 Å². The Morgan fingerprint density at radius 1 is 0.603 bits per heavy atom. The van der Waals surface area contributed by atoms with E-state index in [1.807, 2.05) is 62.4 Å². The molecule has 4 aromatic rings. The number of nitrogens with one attached hydrogen (secondary N) is 4. The van der Waals surface area contributed by atoms with E-state index >= 15 is 0 Å². The van der Waals surface area contributed by atoms with Crippen LogP contribution in [-0.2, 0) is 32.0 Å². The lowest BCUT2D eigenvalue weighted by atomic mass is 10.1. The zero-order chi connectivity index (χ0) is 43.0. The summed E-state index contributed by atoms with van der Waals surface area (Å²) < 4.78 is 10.3. The van der Waals surface area contributed by atoms with Crippen molar-refractivity contribution in [1.29, 1.82) is 0 Å². The molecule has 0 unspecified atom stereocenters. The van der Waals surface area contributed by atoms with Gasteiger partial charge in [0, 0.05) is 37.3 Å². The fourth-order valence-electron chi connectivity index (χ4n) is 5.26. The van der Waals surface area contributed by atoms with Crippen molar-refractivity contribution < 1.29 is 59.3 Å². The number of methoxy groups -OCH3 is 2. The van der Waals surface area contributed by atoms with E-state index in [9.17, 15) is 39.6 Å². The Labute approximate surface area is 336 Å². The van der Waals surface area contributed by atoms with Crippen LogP contribution < -0.4 is 30.7 Å². The maximum atomic E-state index is 10.5. The SMILES string of the molecule is COc1ccc(C[C@H](C)NC[C@@H](O)c2ccc(O)c(NC=O)c2)cc1.COc1ccc(C[C@H](C)NC[C@@H](O)c2ccc(O)c(NC=O)c2)cc1.O=C(O)/C=C/C(=O)O. The van der Waals surface area contributed by atoms with Gasteiger partial charge in [-0.25, -0.2) is 9.59 Å². The van der Waals surface area contributed by atoms with Crippen molar-refractivity contribution in [1.82, 2.24) is 10.6 Å². The molecule has 58 heavy (non-hydrogen) atoms. The van der Waals surface area contributed by atoms with Gasteiger partial charge in [-0.05, 0) is 97.5 Å². The Kier molecular flexibility index (Phi) is 21.1. The summed E-state index contributed by atoms with van der Waals surface area (Å²) in [5, 5.41) is 66.9. The van der Waals surface area contributed by atoms with Gasteiger partial charge >= 0.3 is 11.9 Å². The van der Waals surface area contributed by atoms with Gasteiger partial charge in [0.05, 0.1) is 37.8 Å². The molecule has 16 nitrogen and oxygen atoms in total. The Balaban J connectivity index is 0.000000337. The average molecular weight is 805 g/mol. The minimum absolute atomic E-state index is 0.0381. The van der Waals surface area contributed by atoms with Crippen LogP contribution in [0, 0.1) is 0 Å². The molecule has 0 aliphatic rings. The number of anilines is 2. The zero-order valence-corrected chi connectivity index (χ0v) is 32.7. The lowest BCUT2D eigenvalue weighted by Crippen LogP contribution is -2.32. The second kappa shape index (κ2) is 25.6. The summed E-state index contributed by atoms with van der Waals surface area (Å²) in [4.78, 5) is 40.2. The van der Waals surface area contributed by atoms with E-state index in [2.05, 4.69) is 21.3 Å². The molecule has 0 heterocycles. The Bertz CT molecular complexity index is 1770. The topological polar surface area (TPSA) is 256 Å². The highest BCUT2D eigenvalue weighted by Crippen LogP contribution is 2.28. The van der Waals surface area contributed by atoms with E-state index in [1.165, 1.54) is 23.3 Å². The van der Waals surface area contributed by atoms with E-state index in [-0.39, 0.29) is 35.0 Å². The summed E-state index contributed by atoms with van der Waals surface area (Å²) in [6.07, 6.45) is 2.25. The number of phenols is 2. The molecular weight excluding hydrogens is 752 g/mol. The fourth-order valence-corrected chi connectivity index (χ4v) is 5.26. The van der Waals surface area contributed by atoms with Crippen molar-refractivity contribution in [3.05, 3.63) is 119 Å². The smallest absolute Gasteiger partial charge is 0.328 e. The van der Waals surface area contributed by atoms with Crippen molar-refractivity contribution >= 4 is 36.1 Å². The van der Waals surface area contributed by atoms with E-state index in [4.69, 9.17) is 19.7 Å². The number of benzene rings is 4. The molecule has 2 amide bonds. The molecule has 0 spiro atoms. The van der Waals surface area contributed by atoms with Gasteiger partial charge in [0.2, 0.25) is 12.8 Å². The predicted octanol–water partition coefficient (Wildman–Crippen LogP) is 4.16. The van der Waals surface area contributed by atoms with Crippen molar-refractivity contribution in [2.45, 2.75) is 51.0 Å². The van der Waals surface area contributed by atoms with Crippen LogP contribution in [0.5, 0.6) is 23.0 Å². The number of aromatic hydroxyl groups is 2. The van der Waals surface area contributed by atoms with Crippen LogP contribution in [0.3, 0.4) is 0 Å². The molecule has 0 radical (unpaired) electrons. The molecule has 0 saturated heterocycles. The summed E-state index contributed by atoms with van der Waals surface area (Å²) in [6.45, 7) is 4.82. The monoisotopic (exact) mass is 804 g/mol. The maximum absolute atomic E-state index is 10.5. The highest BCUT2D eigenvalue weighted by molar-refractivity contribution is 5.89. The normalized spacial score (nSPS) is 12.6. The second-order valence-electron chi connectivity index (χ2n) is 12.8. The molecule has 4 atom stereocenters. The number of ether oxygens (including phenoxy) is 2. The fraction of sp³-hybridized carbons (Fsp3) is 0.286. The molecule has 0 aliphatic carbocycles. The highest BCUT2D eigenvalue weighted by Gasteiger charge is 2.14. The van der Waals surface area contributed by atoms with Gasteiger partial charge in [0.25, 0.3) is 0 Å². The van der Waals surface area contributed by atoms with Crippen molar-refractivity contribution in [3.63, 3.8) is 0 Å². The van der Waals surface area contributed by atoms with E-state index < -0.39 is 24.1 Å². The largest absolute Gasteiger partial charge is 0.506 e.